The highest BCUT2D eigenvalue weighted by Crippen LogP contribution is 2.30. The van der Waals surface area contributed by atoms with Gasteiger partial charge < -0.3 is 15.8 Å². The predicted octanol–water partition coefficient (Wildman–Crippen LogP) is 1.62. The number of benzene rings is 1. The first-order valence-electron chi connectivity index (χ1n) is 5.42. The second-order valence-corrected chi connectivity index (χ2v) is 4.05. The summed E-state index contributed by atoms with van der Waals surface area (Å²) >= 11 is 0. The van der Waals surface area contributed by atoms with Crippen molar-refractivity contribution in [3.63, 3.8) is 0 Å². The van der Waals surface area contributed by atoms with Crippen LogP contribution in [0.5, 0.6) is 5.75 Å². The molecular weight excluding hydrogens is 230 g/mol. The van der Waals surface area contributed by atoms with Crippen molar-refractivity contribution >= 4 is 16.9 Å². The summed E-state index contributed by atoms with van der Waals surface area (Å²) in [6, 6.07) is 5.16. The van der Waals surface area contributed by atoms with Crippen molar-refractivity contribution in [1.29, 1.82) is 0 Å². The van der Waals surface area contributed by atoms with Gasteiger partial charge in [-0.3, -0.25) is 0 Å². The zero-order valence-corrected chi connectivity index (χ0v) is 9.68. The summed E-state index contributed by atoms with van der Waals surface area (Å²) in [6.45, 7) is 1.95. The topological polar surface area (TPSA) is 101 Å². The van der Waals surface area contributed by atoms with Crippen LogP contribution in [0, 0.1) is 6.92 Å². The summed E-state index contributed by atoms with van der Waals surface area (Å²) in [5, 5.41) is 17.9. The van der Waals surface area contributed by atoms with Crippen molar-refractivity contribution in [3.8, 4) is 17.1 Å². The quantitative estimate of drug-likeness (QED) is 0.601. The van der Waals surface area contributed by atoms with Gasteiger partial charge in [0, 0.05) is 10.9 Å². The van der Waals surface area contributed by atoms with Crippen molar-refractivity contribution in [2.24, 2.45) is 0 Å². The Labute approximate surface area is 103 Å². The predicted molar refractivity (Wildman–Crippen MR) is 67.9 cm³/mol. The number of anilines is 1. The Morgan fingerprint density at radius 1 is 1.33 bits per heavy atom. The average molecular weight is 241 g/mol. The van der Waals surface area contributed by atoms with Crippen LogP contribution in [-0.2, 0) is 0 Å². The molecule has 0 saturated carbocycles. The fourth-order valence-corrected chi connectivity index (χ4v) is 2.01. The van der Waals surface area contributed by atoms with Gasteiger partial charge in [0.2, 0.25) is 5.95 Å². The number of phenols is 1. The van der Waals surface area contributed by atoms with Gasteiger partial charge in [0.15, 0.2) is 0 Å². The highest BCUT2D eigenvalue weighted by Gasteiger charge is 2.11. The molecule has 0 aliphatic carbocycles. The van der Waals surface area contributed by atoms with E-state index in [9.17, 15) is 5.11 Å². The Morgan fingerprint density at radius 2 is 2.17 bits per heavy atom. The van der Waals surface area contributed by atoms with Gasteiger partial charge in [0.05, 0.1) is 11.9 Å². The van der Waals surface area contributed by atoms with E-state index in [1.54, 1.807) is 18.3 Å². The molecule has 1 aromatic carbocycles. The van der Waals surface area contributed by atoms with Crippen LogP contribution in [-0.4, -0.2) is 25.3 Å². The van der Waals surface area contributed by atoms with E-state index < -0.39 is 0 Å². The molecule has 0 aliphatic rings. The molecule has 18 heavy (non-hydrogen) atoms. The van der Waals surface area contributed by atoms with E-state index in [0.717, 1.165) is 22.2 Å². The van der Waals surface area contributed by atoms with Crippen LogP contribution in [0.1, 0.15) is 5.56 Å². The van der Waals surface area contributed by atoms with Gasteiger partial charge >= 0.3 is 0 Å². The summed E-state index contributed by atoms with van der Waals surface area (Å²) in [5.74, 6) is 0.366. The summed E-state index contributed by atoms with van der Waals surface area (Å²) in [4.78, 5) is 7.37. The zero-order chi connectivity index (χ0) is 12.7. The van der Waals surface area contributed by atoms with Gasteiger partial charge in [-0.15, -0.1) is 5.10 Å². The average Bonchev–Trinajstić information content (AvgIpc) is 2.67. The molecule has 0 saturated heterocycles. The number of nitrogens with zero attached hydrogens (tertiary/aromatic N) is 3. The van der Waals surface area contributed by atoms with Crippen molar-refractivity contribution in [2.45, 2.75) is 6.92 Å². The van der Waals surface area contributed by atoms with E-state index in [4.69, 9.17) is 5.73 Å². The molecule has 0 bridgehead atoms. The highest BCUT2D eigenvalue weighted by atomic mass is 16.3. The second-order valence-electron chi connectivity index (χ2n) is 4.05. The Morgan fingerprint density at radius 3 is 2.94 bits per heavy atom. The minimum absolute atomic E-state index is 0.133. The summed E-state index contributed by atoms with van der Waals surface area (Å²) < 4.78 is 0. The largest absolute Gasteiger partial charge is 0.508 e. The molecule has 0 amide bonds. The number of nitrogens with one attached hydrogen (secondary N) is 1. The van der Waals surface area contributed by atoms with Crippen LogP contribution in [0.4, 0.5) is 5.95 Å². The molecule has 2 heterocycles. The molecule has 0 unspecified atom stereocenters. The minimum Gasteiger partial charge on any atom is -0.508 e. The van der Waals surface area contributed by atoms with Gasteiger partial charge in [0.25, 0.3) is 0 Å². The SMILES string of the molecule is Cc1c(-c2cnnc(N)n2)[nH]c2ccc(O)cc12. The van der Waals surface area contributed by atoms with Crippen LogP contribution in [0.3, 0.4) is 0 Å². The number of nitrogen functional groups attached to an aromatic ring is 1. The van der Waals surface area contributed by atoms with E-state index >= 15 is 0 Å². The molecule has 2 aromatic heterocycles. The molecule has 0 spiro atoms. The Bertz CT molecular complexity index is 734. The standard InChI is InChI=1S/C12H11N5O/c1-6-8-4-7(18)2-3-9(8)15-11(6)10-5-14-17-12(13)16-10/h2-5,15,18H,1H3,(H2,13,16,17). The van der Waals surface area contributed by atoms with E-state index in [1.165, 1.54) is 0 Å². The molecule has 6 heteroatoms. The normalized spacial score (nSPS) is 10.9. The summed E-state index contributed by atoms with van der Waals surface area (Å²) in [6.07, 6.45) is 1.55. The third-order valence-electron chi connectivity index (χ3n) is 2.87. The molecular formula is C12H11N5O. The summed E-state index contributed by atoms with van der Waals surface area (Å²) in [7, 11) is 0. The first kappa shape index (κ1) is 10.5. The lowest BCUT2D eigenvalue weighted by Crippen LogP contribution is -1.98. The lowest BCUT2D eigenvalue weighted by atomic mass is 10.1. The number of aromatic nitrogens is 4. The third-order valence-corrected chi connectivity index (χ3v) is 2.87. The van der Waals surface area contributed by atoms with Gasteiger partial charge in [-0.05, 0) is 30.7 Å². The number of H-pyrrole nitrogens is 1. The number of aryl methyl sites for hydroxylation is 1. The molecule has 6 nitrogen and oxygen atoms in total. The number of fused-ring (bicyclic) bond motifs is 1. The molecule has 0 radical (unpaired) electrons. The van der Waals surface area contributed by atoms with Crippen LogP contribution >= 0.6 is 0 Å². The molecule has 90 valence electrons. The second kappa shape index (κ2) is 3.69. The minimum atomic E-state index is 0.133. The van der Waals surface area contributed by atoms with Crippen LogP contribution in [0.15, 0.2) is 24.4 Å². The number of hydrogen-bond acceptors (Lipinski definition) is 5. The zero-order valence-electron chi connectivity index (χ0n) is 9.68. The van der Waals surface area contributed by atoms with Gasteiger partial charge in [-0.1, -0.05) is 0 Å². The van der Waals surface area contributed by atoms with Crippen molar-refractivity contribution in [3.05, 3.63) is 30.0 Å². The highest BCUT2D eigenvalue weighted by molar-refractivity contribution is 5.90. The molecule has 4 N–H and O–H groups in total. The van der Waals surface area contributed by atoms with Crippen molar-refractivity contribution < 1.29 is 5.11 Å². The Balaban J connectivity index is 2.27. The Kier molecular flexibility index (Phi) is 2.16. The van der Waals surface area contributed by atoms with E-state index in [2.05, 4.69) is 20.2 Å². The first-order valence-corrected chi connectivity index (χ1v) is 5.42. The maximum absolute atomic E-state index is 9.51. The van der Waals surface area contributed by atoms with Gasteiger partial charge in [-0.25, -0.2) is 4.98 Å². The van der Waals surface area contributed by atoms with E-state index in [0.29, 0.717) is 5.69 Å². The van der Waals surface area contributed by atoms with E-state index in [-0.39, 0.29) is 11.7 Å². The number of aromatic hydroxyl groups is 1. The summed E-state index contributed by atoms with van der Waals surface area (Å²) in [5.41, 5.74) is 8.91. The monoisotopic (exact) mass is 241 g/mol. The molecule has 0 aliphatic heterocycles. The van der Waals surface area contributed by atoms with Crippen LogP contribution in [0.25, 0.3) is 22.3 Å². The fraction of sp³-hybridized carbons (Fsp3) is 0.0833. The van der Waals surface area contributed by atoms with E-state index in [1.807, 2.05) is 13.0 Å². The van der Waals surface area contributed by atoms with Crippen LogP contribution in [0.2, 0.25) is 0 Å². The smallest absolute Gasteiger partial charge is 0.240 e. The number of nitrogens with two attached hydrogens (primary N) is 1. The number of rotatable bonds is 1. The maximum Gasteiger partial charge on any atom is 0.240 e. The van der Waals surface area contributed by atoms with Crippen LogP contribution < -0.4 is 5.73 Å². The molecule has 3 rings (SSSR count). The van der Waals surface area contributed by atoms with Crippen molar-refractivity contribution in [1.82, 2.24) is 20.2 Å². The van der Waals surface area contributed by atoms with Crippen molar-refractivity contribution in [2.75, 3.05) is 5.73 Å². The fourth-order valence-electron chi connectivity index (χ4n) is 2.01. The maximum atomic E-state index is 9.51. The first-order chi connectivity index (χ1) is 8.65. The molecule has 0 atom stereocenters. The lowest BCUT2D eigenvalue weighted by Gasteiger charge is -1.98. The number of hydrogen-bond donors (Lipinski definition) is 3. The lowest BCUT2D eigenvalue weighted by molar-refractivity contribution is 0.476. The van der Waals surface area contributed by atoms with Gasteiger partial charge in [-0.2, -0.15) is 5.10 Å². The molecule has 0 fully saturated rings. The van der Waals surface area contributed by atoms with Gasteiger partial charge in [0.1, 0.15) is 11.4 Å². The molecule has 3 aromatic rings. The number of aromatic amines is 1. The Hall–Kier alpha value is -2.63. The third kappa shape index (κ3) is 1.55. The number of phenolic OH excluding ortho intramolecular Hbond substituents is 1.